The lowest BCUT2D eigenvalue weighted by Gasteiger charge is -2.06. The molecule has 5 heteroatoms. The molecule has 0 bridgehead atoms. The van der Waals surface area contributed by atoms with Gasteiger partial charge in [0.15, 0.2) is 4.96 Å². The minimum atomic E-state index is 0.900. The molecule has 0 atom stereocenters. The van der Waals surface area contributed by atoms with Gasteiger partial charge in [-0.2, -0.15) is 0 Å². The second-order valence-corrected chi connectivity index (χ2v) is 6.81. The number of rotatable bonds is 2. The minimum absolute atomic E-state index is 0.900. The highest BCUT2D eigenvalue weighted by Gasteiger charge is 2.18. The lowest BCUT2D eigenvalue weighted by Crippen LogP contribution is -1.91. The fraction of sp³-hybridized carbons (Fsp3) is 0.0500. The first kappa shape index (κ1) is 14.3. The summed E-state index contributed by atoms with van der Waals surface area (Å²) in [6, 6.07) is 16.4. The molecule has 0 radical (unpaired) electrons. The highest BCUT2D eigenvalue weighted by molar-refractivity contribution is 7.15. The van der Waals surface area contributed by atoms with E-state index in [9.17, 15) is 0 Å². The number of pyridine rings is 2. The molecule has 0 aliphatic rings. The van der Waals surface area contributed by atoms with E-state index in [0.717, 1.165) is 44.2 Å². The molecule has 5 rings (SSSR count). The highest BCUT2D eigenvalue weighted by Crippen LogP contribution is 2.34. The van der Waals surface area contributed by atoms with Crippen LogP contribution in [0.4, 0.5) is 0 Å². The van der Waals surface area contributed by atoms with Crippen molar-refractivity contribution in [2.24, 2.45) is 0 Å². The van der Waals surface area contributed by atoms with Crippen LogP contribution in [-0.2, 0) is 0 Å². The number of aromatic nitrogens is 4. The first-order chi connectivity index (χ1) is 12.3. The zero-order chi connectivity index (χ0) is 16.8. The summed E-state index contributed by atoms with van der Waals surface area (Å²) in [5, 5.41) is 3.18. The highest BCUT2D eigenvalue weighted by atomic mass is 32.1. The summed E-state index contributed by atoms with van der Waals surface area (Å²) in [5.74, 6) is 0. The molecular formula is C20H14N4S. The van der Waals surface area contributed by atoms with Crippen LogP contribution in [0.1, 0.15) is 5.69 Å². The zero-order valence-electron chi connectivity index (χ0n) is 13.5. The van der Waals surface area contributed by atoms with Gasteiger partial charge in [-0.1, -0.05) is 18.2 Å². The lowest BCUT2D eigenvalue weighted by atomic mass is 10.1. The maximum atomic E-state index is 4.84. The minimum Gasteiger partial charge on any atom is -0.290 e. The van der Waals surface area contributed by atoms with E-state index < -0.39 is 0 Å². The summed E-state index contributed by atoms with van der Waals surface area (Å²) >= 11 is 1.63. The summed E-state index contributed by atoms with van der Waals surface area (Å²) in [6.07, 6.45) is 3.88. The van der Waals surface area contributed by atoms with E-state index in [2.05, 4.69) is 50.2 Å². The van der Waals surface area contributed by atoms with Gasteiger partial charge in [-0.3, -0.25) is 14.4 Å². The van der Waals surface area contributed by atoms with Gasteiger partial charge in [-0.25, -0.2) is 4.98 Å². The average molecular weight is 342 g/mol. The third-order valence-corrected chi connectivity index (χ3v) is 5.03. The van der Waals surface area contributed by atoms with Gasteiger partial charge in [-0.05, 0) is 37.3 Å². The Morgan fingerprint density at radius 2 is 1.96 bits per heavy atom. The van der Waals surface area contributed by atoms with Crippen molar-refractivity contribution >= 4 is 27.2 Å². The molecule has 4 aromatic heterocycles. The van der Waals surface area contributed by atoms with Gasteiger partial charge in [0.2, 0.25) is 0 Å². The molecule has 0 saturated carbocycles. The van der Waals surface area contributed by atoms with Crippen LogP contribution in [0.25, 0.3) is 38.5 Å². The third kappa shape index (κ3) is 2.32. The summed E-state index contributed by atoms with van der Waals surface area (Å²) in [5.41, 5.74) is 5.98. The van der Waals surface area contributed by atoms with Gasteiger partial charge in [0.25, 0.3) is 0 Å². The predicted octanol–water partition coefficient (Wildman–Crippen LogP) is 4.98. The molecule has 0 unspecified atom stereocenters. The van der Waals surface area contributed by atoms with Crippen LogP contribution in [0, 0.1) is 6.92 Å². The van der Waals surface area contributed by atoms with Gasteiger partial charge in [0, 0.05) is 34.4 Å². The average Bonchev–Trinajstić information content (AvgIpc) is 3.22. The van der Waals surface area contributed by atoms with E-state index in [-0.39, 0.29) is 0 Å². The smallest absolute Gasteiger partial charge is 0.194 e. The monoisotopic (exact) mass is 342 g/mol. The maximum absolute atomic E-state index is 4.84. The van der Waals surface area contributed by atoms with E-state index in [1.165, 1.54) is 0 Å². The first-order valence-electron chi connectivity index (χ1n) is 8.04. The molecule has 0 aliphatic carbocycles. The van der Waals surface area contributed by atoms with Crippen molar-refractivity contribution in [2.45, 2.75) is 6.92 Å². The Hall–Kier alpha value is -3.05. The molecule has 4 nitrogen and oxygen atoms in total. The number of imidazole rings is 1. The number of aryl methyl sites for hydroxylation is 1. The van der Waals surface area contributed by atoms with Crippen molar-refractivity contribution < 1.29 is 0 Å². The number of benzene rings is 1. The molecule has 0 spiro atoms. The standard InChI is InChI=1S/C20H14N4S/c1-13-4-2-6-17(22-13)18-19(24-10-11-25-20(24)23-18)15-7-8-16-14(12-15)5-3-9-21-16/h2-12H,1H3. The maximum Gasteiger partial charge on any atom is 0.194 e. The third-order valence-electron chi connectivity index (χ3n) is 4.27. The molecule has 0 amide bonds. The van der Waals surface area contributed by atoms with E-state index in [1.807, 2.05) is 37.4 Å². The summed E-state index contributed by atoms with van der Waals surface area (Å²) in [4.78, 5) is 14.9. The normalized spacial score (nSPS) is 11.4. The molecule has 1 aromatic carbocycles. The predicted molar refractivity (Wildman–Crippen MR) is 102 cm³/mol. The Morgan fingerprint density at radius 1 is 1.00 bits per heavy atom. The number of fused-ring (bicyclic) bond motifs is 2. The number of thiazole rings is 1. The van der Waals surface area contributed by atoms with Gasteiger partial charge in [0.1, 0.15) is 5.69 Å². The second kappa shape index (κ2) is 5.50. The van der Waals surface area contributed by atoms with Crippen LogP contribution in [0.3, 0.4) is 0 Å². The number of hydrogen-bond donors (Lipinski definition) is 0. The Labute approximate surface area is 148 Å². The topological polar surface area (TPSA) is 43.1 Å². The van der Waals surface area contributed by atoms with Crippen molar-refractivity contribution in [1.29, 1.82) is 0 Å². The molecule has 0 aliphatic heterocycles. The SMILES string of the molecule is Cc1cccc(-c2nc3sccn3c2-c2ccc3ncccc3c2)n1. The van der Waals surface area contributed by atoms with Crippen molar-refractivity contribution in [1.82, 2.24) is 19.4 Å². The molecule has 4 heterocycles. The Bertz CT molecular complexity index is 1220. The van der Waals surface area contributed by atoms with E-state index >= 15 is 0 Å². The van der Waals surface area contributed by atoms with Crippen LogP contribution in [0.5, 0.6) is 0 Å². The molecule has 5 aromatic rings. The van der Waals surface area contributed by atoms with Crippen LogP contribution in [-0.4, -0.2) is 19.4 Å². The molecule has 0 saturated heterocycles. The van der Waals surface area contributed by atoms with E-state index in [4.69, 9.17) is 4.98 Å². The summed E-state index contributed by atoms with van der Waals surface area (Å²) < 4.78 is 2.14. The van der Waals surface area contributed by atoms with Crippen LogP contribution in [0.2, 0.25) is 0 Å². The Balaban J connectivity index is 1.81. The molecular weight excluding hydrogens is 328 g/mol. The Kier molecular flexibility index (Phi) is 3.15. The van der Waals surface area contributed by atoms with Gasteiger partial charge < -0.3 is 0 Å². The Morgan fingerprint density at radius 3 is 2.88 bits per heavy atom. The summed E-state index contributed by atoms with van der Waals surface area (Å²) in [6.45, 7) is 2.00. The zero-order valence-corrected chi connectivity index (χ0v) is 14.4. The van der Waals surface area contributed by atoms with Crippen molar-refractivity contribution in [2.75, 3.05) is 0 Å². The van der Waals surface area contributed by atoms with Gasteiger partial charge >= 0.3 is 0 Å². The van der Waals surface area contributed by atoms with Gasteiger partial charge in [0.05, 0.1) is 16.9 Å². The number of hydrogen-bond acceptors (Lipinski definition) is 4. The lowest BCUT2D eigenvalue weighted by molar-refractivity contribution is 1.19. The molecule has 120 valence electrons. The van der Waals surface area contributed by atoms with Crippen LogP contribution < -0.4 is 0 Å². The molecule has 0 fully saturated rings. The fourth-order valence-corrected chi connectivity index (χ4v) is 3.85. The molecule has 25 heavy (non-hydrogen) atoms. The quantitative estimate of drug-likeness (QED) is 0.454. The van der Waals surface area contributed by atoms with E-state index in [1.54, 1.807) is 11.3 Å². The van der Waals surface area contributed by atoms with Crippen molar-refractivity contribution in [3.8, 4) is 22.6 Å². The van der Waals surface area contributed by atoms with Crippen molar-refractivity contribution in [3.63, 3.8) is 0 Å². The van der Waals surface area contributed by atoms with Gasteiger partial charge in [-0.15, -0.1) is 11.3 Å². The van der Waals surface area contributed by atoms with Crippen molar-refractivity contribution in [3.05, 3.63) is 72.0 Å². The largest absolute Gasteiger partial charge is 0.290 e. The second-order valence-electron chi connectivity index (χ2n) is 5.94. The fourth-order valence-electron chi connectivity index (χ4n) is 3.14. The summed E-state index contributed by atoms with van der Waals surface area (Å²) in [7, 11) is 0. The van der Waals surface area contributed by atoms with Crippen LogP contribution >= 0.6 is 11.3 Å². The number of nitrogens with zero attached hydrogens (tertiary/aromatic N) is 4. The van der Waals surface area contributed by atoms with E-state index in [0.29, 0.717) is 0 Å². The first-order valence-corrected chi connectivity index (χ1v) is 8.92. The van der Waals surface area contributed by atoms with Crippen LogP contribution in [0.15, 0.2) is 66.3 Å². The molecule has 0 N–H and O–H groups in total.